The fourth-order valence-corrected chi connectivity index (χ4v) is 1.98. The van der Waals surface area contributed by atoms with Crippen LogP contribution < -0.4 is 0 Å². The summed E-state index contributed by atoms with van der Waals surface area (Å²) in [4.78, 5) is 11.1. The van der Waals surface area contributed by atoms with Crippen molar-refractivity contribution in [3.05, 3.63) is 35.0 Å². The Morgan fingerprint density at radius 3 is 2.82 bits per heavy atom. The zero-order valence-electron chi connectivity index (χ0n) is 9.66. The molecule has 1 N–H and O–H groups in total. The van der Waals surface area contributed by atoms with Gasteiger partial charge in [-0.1, -0.05) is 23.7 Å². The summed E-state index contributed by atoms with van der Waals surface area (Å²) in [5.41, 5.74) is 0.666. The molecule has 0 amide bonds. The number of fused-ring (bicyclic) bond motifs is 1. The quantitative estimate of drug-likeness (QED) is 0.905. The number of carboxylic acid groups (broad SMARTS) is 1. The average Bonchev–Trinajstić information content (AvgIpc) is 2.62. The fourth-order valence-electron chi connectivity index (χ4n) is 1.76. The van der Waals surface area contributed by atoms with Crippen molar-refractivity contribution in [1.82, 2.24) is 0 Å². The van der Waals surface area contributed by atoms with Gasteiger partial charge in [-0.05, 0) is 31.9 Å². The summed E-state index contributed by atoms with van der Waals surface area (Å²) in [7, 11) is 0. The zero-order valence-corrected chi connectivity index (χ0v) is 10.4. The van der Waals surface area contributed by atoms with Gasteiger partial charge in [0.25, 0.3) is 0 Å². The Morgan fingerprint density at radius 2 is 2.18 bits per heavy atom. The van der Waals surface area contributed by atoms with Gasteiger partial charge in [0.2, 0.25) is 0 Å². The van der Waals surface area contributed by atoms with Gasteiger partial charge in [-0.3, -0.25) is 4.79 Å². The summed E-state index contributed by atoms with van der Waals surface area (Å²) in [6.07, 6.45) is 2.00. The zero-order chi connectivity index (χ0) is 12.6. The van der Waals surface area contributed by atoms with Crippen LogP contribution in [0.4, 0.5) is 0 Å². The van der Waals surface area contributed by atoms with E-state index in [1.807, 2.05) is 12.1 Å². The van der Waals surface area contributed by atoms with E-state index in [4.69, 9.17) is 21.1 Å². The second kappa shape index (κ2) is 4.08. The fraction of sp³-hybridized carbons (Fsp3) is 0.308. The van der Waals surface area contributed by atoms with Crippen molar-refractivity contribution in [2.24, 2.45) is 5.41 Å². The Kier molecular flexibility index (Phi) is 2.87. The third kappa shape index (κ3) is 2.15. The first-order chi connectivity index (χ1) is 7.92. The maximum absolute atomic E-state index is 11.1. The van der Waals surface area contributed by atoms with Crippen molar-refractivity contribution in [2.45, 2.75) is 20.3 Å². The number of rotatable bonds is 3. The van der Waals surface area contributed by atoms with Crippen molar-refractivity contribution in [3.8, 4) is 0 Å². The Balaban J connectivity index is 2.44. The molecule has 0 aliphatic rings. The van der Waals surface area contributed by atoms with E-state index in [0.29, 0.717) is 17.0 Å². The van der Waals surface area contributed by atoms with E-state index in [9.17, 15) is 4.79 Å². The van der Waals surface area contributed by atoms with Crippen LogP contribution in [0.2, 0.25) is 5.02 Å². The smallest absolute Gasteiger partial charge is 0.309 e. The number of halogens is 1. The number of para-hydroxylation sites is 1. The van der Waals surface area contributed by atoms with Gasteiger partial charge in [-0.25, -0.2) is 0 Å². The topological polar surface area (TPSA) is 50.4 Å². The summed E-state index contributed by atoms with van der Waals surface area (Å²) < 4.78 is 5.38. The molecule has 3 nitrogen and oxygen atoms in total. The Labute approximate surface area is 104 Å². The summed E-state index contributed by atoms with van der Waals surface area (Å²) >= 11 is 5.99. The maximum Gasteiger partial charge on any atom is 0.309 e. The number of aliphatic carboxylic acids is 1. The largest absolute Gasteiger partial charge is 0.481 e. The summed E-state index contributed by atoms with van der Waals surface area (Å²) in [5.74, 6) is -0.825. The monoisotopic (exact) mass is 252 g/mol. The van der Waals surface area contributed by atoms with Crippen LogP contribution in [0.1, 0.15) is 19.4 Å². The Hall–Kier alpha value is -1.48. The van der Waals surface area contributed by atoms with Gasteiger partial charge < -0.3 is 9.52 Å². The molecule has 1 aromatic carbocycles. The van der Waals surface area contributed by atoms with E-state index in [2.05, 4.69) is 0 Å². The lowest BCUT2D eigenvalue weighted by atomic mass is 9.86. The average molecular weight is 253 g/mol. The molecule has 0 fully saturated rings. The van der Waals surface area contributed by atoms with Crippen LogP contribution in [0.3, 0.4) is 0 Å². The minimum Gasteiger partial charge on any atom is -0.481 e. The molecule has 0 aliphatic carbocycles. The van der Waals surface area contributed by atoms with Gasteiger partial charge in [0.15, 0.2) is 5.58 Å². The van der Waals surface area contributed by atoms with Crippen LogP contribution in [0.15, 0.2) is 28.9 Å². The Morgan fingerprint density at radius 1 is 1.47 bits per heavy atom. The highest BCUT2D eigenvalue weighted by Gasteiger charge is 2.28. The highest BCUT2D eigenvalue weighted by Crippen LogP contribution is 2.32. The van der Waals surface area contributed by atoms with Crippen LogP contribution in [0.25, 0.3) is 11.0 Å². The molecule has 17 heavy (non-hydrogen) atoms. The lowest BCUT2D eigenvalue weighted by Crippen LogP contribution is -2.26. The molecule has 90 valence electrons. The van der Waals surface area contributed by atoms with E-state index >= 15 is 0 Å². The molecule has 0 saturated carbocycles. The third-order valence-corrected chi connectivity index (χ3v) is 3.14. The standard InChI is InChI=1S/C13H13ClO3/c1-13(2,12(15)16)6-8-7-17-11-9(8)4-3-5-10(11)14/h3-5,7H,6H2,1-2H3,(H,15,16). The minimum absolute atomic E-state index is 0.412. The highest BCUT2D eigenvalue weighted by atomic mass is 35.5. The number of carboxylic acids is 1. The van der Waals surface area contributed by atoms with E-state index < -0.39 is 11.4 Å². The summed E-state index contributed by atoms with van der Waals surface area (Å²) in [5, 5.41) is 10.5. The molecular weight excluding hydrogens is 240 g/mol. The maximum atomic E-state index is 11.1. The second-order valence-electron chi connectivity index (χ2n) is 4.74. The van der Waals surface area contributed by atoms with Crippen molar-refractivity contribution in [1.29, 1.82) is 0 Å². The van der Waals surface area contributed by atoms with E-state index in [-0.39, 0.29) is 0 Å². The van der Waals surface area contributed by atoms with E-state index in [1.54, 1.807) is 26.2 Å². The molecular formula is C13H13ClO3. The number of furan rings is 1. The molecule has 0 saturated heterocycles. The van der Waals surface area contributed by atoms with Gasteiger partial charge in [-0.15, -0.1) is 0 Å². The molecule has 0 unspecified atom stereocenters. The van der Waals surface area contributed by atoms with Gasteiger partial charge in [0, 0.05) is 5.39 Å². The number of hydrogen-bond acceptors (Lipinski definition) is 2. The van der Waals surface area contributed by atoms with Crippen molar-refractivity contribution in [3.63, 3.8) is 0 Å². The molecule has 2 aromatic rings. The lowest BCUT2D eigenvalue weighted by Gasteiger charge is -2.17. The highest BCUT2D eigenvalue weighted by molar-refractivity contribution is 6.34. The van der Waals surface area contributed by atoms with Crippen molar-refractivity contribution >= 4 is 28.5 Å². The SMILES string of the molecule is CC(C)(Cc1coc2c(Cl)cccc12)C(=O)O. The lowest BCUT2D eigenvalue weighted by molar-refractivity contribution is -0.146. The predicted molar refractivity (Wildman–Crippen MR) is 66.3 cm³/mol. The Bertz CT molecular complexity index is 569. The van der Waals surface area contributed by atoms with Crippen LogP contribution >= 0.6 is 11.6 Å². The van der Waals surface area contributed by atoms with E-state index in [1.165, 1.54) is 0 Å². The molecule has 0 radical (unpaired) electrons. The first-order valence-electron chi connectivity index (χ1n) is 5.30. The van der Waals surface area contributed by atoms with Gasteiger partial charge in [0.05, 0.1) is 16.7 Å². The van der Waals surface area contributed by atoms with Gasteiger partial charge in [0.1, 0.15) is 0 Å². The van der Waals surface area contributed by atoms with Gasteiger partial charge >= 0.3 is 5.97 Å². The van der Waals surface area contributed by atoms with Crippen LogP contribution in [-0.4, -0.2) is 11.1 Å². The molecule has 0 aliphatic heterocycles. The number of carbonyl (C=O) groups is 1. The molecule has 0 atom stereocenters. The molecule has 1 heterocycles. The van der Waals surface area contributed by atoms with Crippen LogP contribution in [0, 0.1) is 5.41 Å². The number of hydrogen-bond donors (Lipinski definition) is 1. The van der Waals surface area contributed by atoms with E-state index in [0.717, 1.165) is 10.9 Å². The van der Waals surface area contributed by atoms with Crippen molar-refractivity contribution < 1.29 is 14.3 Å². The molecule has 4 heteroatoms. The molecule has 0 spiro atoms. The first kappa shape index (κ1) is 12.0. The van der Waals surface area contributed by atoms with Crippen LogP contribution in [-0.2, 0) is 11.2 Å². The molecule has 1 aromatic heterocycles. The second-order valence-corrected chi connectivity index (χ2v) is 5.15. The summed E-state index contributed by atoms with van der Waals surface area (Å²) in [6.45, 7) is 3.39. The molecule has 0 bridgehead atoms. The summed E-state index contributed by atoms with van der Waals surface area (Å²) in [6, 6.07) is 5.47. The van der Waals surface area contributed by atoms with Crippen LogP contribution in [0.5, 0.6) is 0 Å². The minimum atomic E-state index is -0.825. The first-order valence-corrected chi connectivity index (χ1v) is 5.67. The normalized spacial score (nSPS) is 11.9. The van der Waals surface area contributed by atoms with Crippen molar-refractivity contribution in [2.75, 3.05) is 0 Å². The third-order valence-electron chi connectivity index (χ3n) is 2.84. The predicted octanol–water partition coefficient (Wildman–Crippen LogP) is 3.74. The van der Waals surface area contributed by atoms with Gasteiger partial charge in [-0.2, -0.15) is 0 Å². The molecule has 2 rings (SSSR count). The number of benzene rings is 1.